The van der Waals surface area contributed by atoms with E-state index in [4.69, 9.17) is 12.2 Å². The van der Waals surface area contributed by atoms with Crippen LogP contribution in [0.5, 0.6) is 0 Å². The van der Waals surface area contributed by atoms with Crippen LogP contribution in [0.4, 0.5) is 0 Å². The van der Waals surface area contributed by atoms with E-state index in [2.05, 4.69) is 0 Å². The third kappa shape index (κ3) is 3.14. The molecular weight excluding hydrogens is 228 g/mol. The number of benzene rings is 2. The van der Waals surface area contributed by atoms with Gasteiger partial charge in [-0.05, 0) is 29.8 Å². The van der Waals surface area contributed by atoms with E-state index in [0.29, 0.717) is 0 Å². The molecule has 0 fully saturated rings. The Labute approximate surface area is 107 Å². The lowest BCUT2D eigenvalue weighted by Gasteiger charge is -2.14. The van der Waals surface area contributed by atoms with Crippen LogP contribution in [0.15, 0.2) is 60.7 Å². The summed E-state index contributed by atoms with van der Waals surface area (Å²) in [5, 5.41) is 9.71. The first kappa shape index (κ1) is 11.8. The van der Waals surface area contributed by atoms with Gasteiger partial charge in [0, 0.05) is 0 Å². The number of hydrogen-bond donors (Lipinski definition) is 1. The first-order valence-electron chi connectivity index (χ1n) is 5.59. The van der Waals surface area contributed by atoms with Gasteiger partial charge < -0.3 is 5.11 Å². The van der Waals surface area contributed by atoms with Crippen molar-refractivity contribution in [1.82, 2.24) is 0 Å². The number of thiocarbonyl (C=S) groups is 1. The van der Waals surface area contributed by atoms with Gasteiger partial charge in [0.1, 0.15) is 0 Å². The highest BCUT2D eigenvalue weighted by Gasteiger charge is 2.16. The molecule has 0 saturated carbocycles. The van der Waals surface area contributed by atoms with Crippen LogP contribution >= 0.6 is 12.2 Å². The zero-order valence-corrected chi connectivity index (χ0v) is 10.2. The molecule has 1 N–H and O–H groups in total. The van der Waals surface area contributed by atoms with Gasteiger partial charge in [0.05, 0.1) is 5.92 Å². The SMILES string of the molecule is OC(=S)C(Cc1ccccc1)c1ccccc1. The number of aliphatic hydroxyl groups is 1. The Morgan fingerprint density at radius 2 is 1.47 bits per heavy atom. The molecule has 1 atom stereocenters. The van der Waals surface area contributed by atoms with Crippen LogP contribution in [-0.2, 0) is 6.42 Å². The van der Waals surface area contributed by atoms with Gasteiger partial charge in [-0.2, -0.15) is 0 Å². The Bertz CT molecular complexity index is 479. The Balaban J connectivity index is 2.23. The lowest BCUT2D eigenvalue weighted by atomic mass is 9.93. The van der Waals surface area contributed by atoms with Crippen LogP contribution in [0.25, 0.3) is 0 Å². The highest BCUT2D eigenvalue weighted by Crippen LogP contribution is 2.21. The summed E-state index contributed by atoms with van der Waals surface area (Å²) < 4.78 is 0. The third-order valence-electron chi connectivity index (χ3n) is 2.78. The molecule has 2 aromatic carbocycles. The van der Waals surface area contributed by atoms with Gasteiger partial charge in [-0.1, -0.05) is 60.7 Å². The summed E-state index contributed by atoms with van der Waals surface area (Å²) in [5.41, 5.74) is 2.24. The van der Waals surface area contributed by atoms with Crippen LogP contribution in [-0.4, -0.2) is 10.2 Å². The van der Waals surface area contributed by atoms with E-state index in [-0.39, 0.29) is 11.0 Å². The number of hydrogen-bond acceptors (Lipinski definition) is 1. The minimum Gasteiger partial charge on any atom is -0.502 e. The summed E-state index contributed by atoms with van der Waals surface area (Å²) in [5.74, 6) is -0.103. The van der Waals surface area contributed by atoms with Crippen molar-refractivity contribution in [2.24, 2.45) is 0 Å². The van der Waals surface area contributed by atoms with E-state index in [1.165, 1.54) is 5.56 Å². The molecule has 0 radical (unpaired) electrons. The lowest BCUT2D eigenvalue weighted by molar-refractivity contribution is 0.530. The molecule has 0 aliphatic rings. The fraction of sp³-hybridized carbons (Fsp3) is 0.133. The molecule has 0 amide bonds. The van der Waals surface area contributed by atoms with Crippen molar-refractivity contribution < 1.29 is 5.11 Å². The van der Waals surface area contributed by atoms with Crippen molar-refractivity contribution in [2.45, 2.75) is 12.3 Å². The average Bonchev–Trinajstić information content (AvgIpc) is 2.38. The summed E-state index contributed by atoms with van der Waals surface area (Å²) in [6.45, 7) is 0. The minimum absolute atomic E-state index is 0.0556. The molecule has 1 unspecified atom stereocenters. The highest BCUT2D eigenvalue weighted by atomic mass is 32.1. The minimum atomic E-state index is -0.103. The highest BCUT2D eigenvalue weighted by molar-refractivity contribution is 7.80. The van der Waals surface area contributed by atoms with Crippen LogP contribution < -0.4 is 0 Å². The van der Waals surface area contributed by atoms with Crippen molar-refractivity contribution in [3.8, 4) is 0 Å². The van der Waals surface area contributed by atoms with Crippen molar-refractivity contribution in [2.75, 3.05) is 0 Å². The van der Waals surface area contributed by atoms with E-state index in [1.807, 2.05) is 60.7 Å². The standard InChI is InChI=1S/C15H14OS/c16-15(17)14(13-9-5-2-6-10-13)11-12-7-3-1-4-8-12/h1-10,14H,11H2,(H,16,17). The summed E-state index contributed by atoms with van der Waals surface area (Å²) in [7, 11) is 0. The molecule has 0 aliphatic carbocycles. The van der Waals surface area contributed by atoms with Gasteiger partial charge in [-0.25, -0.2) is 0 Å². The van der Waals surface area contributed by atoms with Crippen molar-refractivity contribution in [3.05, 3.63) is 71.8 Å². The predicted octanol–water partition coefficient (Wildman–Crippen LogP) is 3.90. The molecule has 2 aromatic rings. The molecule has 0 saturated heterocycles. The largest absolute Gasteiger partial charge is 0.502 e. The summed E-state index contributed by atoms with van der Waals surface area (Å²) in [6.07, 6.45) is 0.736. The smallest absolute Gasteiger partial charge is 0.164 e. The fourth-order valence-electron chi connectivity index (χ4n) is 1.88. The fourth-order valence-corrected chi connectivity index (χ4v) is 2.10. The lowest BCUT2D eigenvalue weighted by Crippen LogP contribution is -2.12. The van der Waals surface area contributed by atoms with E-state index in [1.54, 1.807) is 0 Å². The maximum Gasteiger partial charge on any atom is 0.164 e. The van der Waals surface area contributed by atoms with Gasteiger partial charge in [0.25, 0.3) is 0 Å². The van der Waals surface area contributed by atoms with Gasteiger partial charge in [-0.3, -0.25) is 0 Å². The normalized spacial score (nSPS) is 12.0. The van der Waals surface area contributed by atoms with Crippen molar-refractivity contribution in [3.63, 3.8) is 0 Å². The van der Waals surface area contributed by atoms with Crippen molar-refractivity contribution >= 4 is 17.3 Å². The first-order valence-corrected chi connectivity index (χ1v) is 6.00. The van der Waals surface area contributed by atoms with Crippen LogP contribution in [0.3, 0.4) is 0 Å². The molecule has 17 heavy (non-hydrogen) atoms. The van der Waals surface area contributed by atoms with Gasteiger partial charge in [-0.15, -0.1) is 0 Å². The molecule has 86 valence electrons. The monoisotopic (exact) mass is 242 g/mol. The second kappa shape index (κ2) is 5.60. The van der Waals surface area contributed by atoms with E-state index >= 15 is 0 Å². The van der Waals surface area contributed by atoms with E-state index < -0.39 is 0 Å². The Morgan fingerprint density at radius 3 is 2.00 bits per heavy atom. The summed E-state index contributed by atoms with van der Waals surface area (Å²) in [4.78, 5) is 0. The Morgan fingerprint density at radius 1 is 0.941 bits per heavy atom. The zero-order chi connectivity index (χ0) is 12.1. The zero-order valence-electron chi connectivity index (χ0n) is 9.41. The van der Waals surface area contributed by atoms with Gasteiger partial charge >= 0.3 is 0 Å². The second-order valence-corrected chi connectivity index (χ2v) is 4.41. The van der Waals surface area contributed by atoms with Crippen LogP contribution in [0, 0.1) is 0 Å². The molecule has 1 nitrogen and oxygen atoms in total. The molecule has 0 aliphatic heterocycles. The topological polar surface area (TPSA) is 20.2 Å². The van der Waals surface area contributed by atoms with Crippen LogP contribution in [0.2, 0.25) is 0 Å². The molecule has 0 bridgehead atoms. The Hall–Kier alpha value is -1.67. The molecule has 2 heteroatoms. The first-order chi connectivity index (χ1) is 8.27. The molecule has 0 aromatic heterocycles. The summed E-state index contributed by atoms with van der Waals surface area (Å²) >= 11 is 4.95. The molecule has 0 heterocycles. The van der Waals surface area contributed by atoms with Gasteiger partial charge in [0.2, 0.25) is 0 Å². The van der Waals surface area contributed by atoms with E-state index in [9.17, 15) is 5.11 Å². The summed E-state index contributed by atoms with van der Waals surface area (Å²) in [6, 6.07) is 20.0. The maximum atomic E-state index is 9.66. The molecular formula is C15H14OS. The number of rotatable bonds is 4. The Kier molecular flexibility index (Phi) is 3.89. The average molecular weight is 242 g/mol. The van der Waals surface area contributed by atoms with Gasteiger partial charge in [0.15, 0.2) is 5.05 Å². The maximum absolute atomic E-state index is 9.66. The predicted molar refractivity (Wildman–Crippen MR) is 74.6 cm³/mol. The molecule has 0 spiro atoms. The van der Waals surface area contributed by atoms with Crippen molar-refractivity contribution in [1.29, 1.82) is 0 Å². The van der Waals surface area contributed by atoms with E-state index in [0.717, 1.165) is 12.0 Å². The second-order valence-electron chi connectivity index (χ2n) is 3.99. The third-order valence-corrected chi connectivity index (χ3v) is 3.07. The van der Waals surface area contributed by atoms with Crippen LogP contribution in [0.1, 0.15) is 17.0 Å². The number of aliphatic hydroxyl groups excluding tert-OH is 1. The quantitative estimate of drug-likeness (QED) is 0.821. The molecule has 2 rings (SSSR count).